The van der Waals surface area contributed by atoms with Crippen molar-refractivity contribution in [2.75, 3.05) is 0 Å². The molecule has 0 unspecified atom stereocenters. The van der Waals surface area contributed by atoms with Crippen LogP contribution in [0.1, 0.15) is 0 Å². The third-order valence-corrected chi connectivity index (χ3v) is 5.22. The fraction of sp³-hybridized carbons (Fsp3) is 0. The van der Waals surface area contributed by atoms with Crippen LogP contribution in [0.3, 0.4) is 0 Å². The zero-order valence-corrected chi connectivity index (χ0v) is 14.0. The molecule has 0 saturated heterocycles. The van der Waals surface area contributed by atoms with Crippen LogP contribution >= 0.6 is 0 Å². The maximum Gasteiger partial charge on any atom is 0.0964 e. The summed E-state index contributed by atoms with van der Waals surface area (Å²) in [5.41, 5.74) is 6.61. The van der Waals surface area contributed by atoms with E-state index in [1.807, 2.05) is 6.20 Å². The molecule has 3 heteroatoms. The summed E-state index contributed by atoms with van der Waals surface area (Å²) in [5, 5.41) is 4.91. The minimum atomic E-state index is 0.982. The van der Waals surface area contributed by atoms with E-state index in [0.29, 0.717) is 0 Å². The highest BCUT2D eigenvalue weighted by atomic mass is 14.8. The largest absolute Gasteiger partial charge is 0.354 e. The molecule has 122 valence electrons. The smallest absolute Gasteiger partial charge is 0.0964 e. The van der Waals surface area contributed by atoms with Crippen molar-refractivity contribution in [1.29, 1.82) is 0 Å². The fourth-order valence-electron chi connectivity index (χ4n) is 4.05. The van der Waals surface area contributed by atoms with E-state index >= 15 is 0 Å². The second-order valence-corrected chi connectivity index (χ2v) is 6.65. The Bertz CT molecular complexity index is 1320. The Hall–Kier alpha value is -3.59. The van der Waals surface area contributed by atoms with Gasteiger partial charge >= 0.3 is 0 Å². The minimum Gasteiger partial charge on any atom is -0.354 e. The van der Waals surface area contributed by atoms with Crippen LogP contribution in [0.25, 0.3) is 54.9 Å². The normalized spacial score (nSPS) is 11.8. The molecular formula is C23H15N3. The van der Waals surface area contributed by atoms with Gasteiger partial charge in [0.05, 0.1) is 16.7 Å². The van der Waals surface area contributed by atoms with Crippen molar-refractivity contribution in [3.05, 3.63) is 79.0 Å². The molecule has 3 aromatic carbocycles. The van der Waals surface area contributed by atoms with Gasteiger partial charge in [-0.05, 0) is 18.2 Å². The number of H-pyrrole nitrogens is 2. The molecule has 0 aliphatic carbocycles. The average Bonchev–Trinajstić information content (AvgIpc) is 3.26. The lowest BCUT2D eigenvalue weighted by molar-refractivity contribution is 1.34. The van der Waals surface area contributed by atoms with Gasteiger partial charge < -0.3 is 9.97 Å². The molecule has 0 aliphatic rings. The van der Waals surface area contributed by atoms with Crippen molar-refractivity contribution in [1.82, 2.24) is 15.0 Å². The zero-order valence-electron chi connectivity index (χ0n) is 14.0. The van der Waals surface area contributed by atoms with Crippen molar-refractivity contribution in [2.45, 2.75) is 0 Å². The van der Waals surface area contributed by atoms with E-state index in [4.69, 9.17) is 4.98 Å². The number of hydrogen-bond donors (Lipinski definition) is 2. The van der Waals surface area contributed by atoms with Crippen LogP contribution in [0.2, 0.25) is 0 Å². The molecule has 3 heterocycles. The maximum atomic E-state index is 4.74. The molecule has 0 bridgehead atoms. The summed E-state index contributed by atoms with van der Waals surface area (Å²) in [6.45, 7) is 0. The molecule has 26 heavy (non-hydrogen) atoms. The van der Waals surface area contributed by atoms with Gasteiger partial charge in [-0.25, -0.2) is 0 Å². The number of hydrogen-bond acceptors (Lipinski definition) is 1. The summed E-state index contributed by atoms with van der Waals surface area (Å²) in [4.78, 5) is 11.9. The van der Waals surface area contributed by atoms with Gasteiger partial charge in [-0.15, -0.1) is 0 Å². The summed E-state index contributed by atoms with van der Waals surface area (Å²) in [6, 6.07) is 25.3. The van der Waals surface area contributed by atoms with Gasteiger partial charge in [0.2, 0.25) is 0 Å². The summed E-state index contributed by atoms with van der Waals surface area (Å²) >= 11 is 0. The van der Waals surface area contributed by atoms with Gasteiger partial charge in [0, 0.05) is 44.3 Å². The molecular weight excluding hydrogens is 318 g/mol. The van der Waals surface area contributed by atoms with E-state index < -0.39 is 0 Å². The number of para-hydroxylation sites is 3. The molecule has 0 fully saturated rings. The zero-order chi connectivity index (χ0) is 17.1. The molecule has 0 aliphatic heterocycles. The number of aromatic amines is 2. The van der Waals surface area contributed by atoms with Gasteiger partial charge in [0.25, 0.3) is 0 Å². The van der Waals surface area contributed by atoms with Crippen LogP contribution in [-0.2, 0) is 0 Å². The van der Waals surface area contributed by atoms with Gasteiger partial charge in [-0.1, -0.05) is 54.6 Å². The number of aromatic nitrogens is 3. The monoisotopic (exact) mass is 333 g/mol. The van der Waals surface area contributed by atoms with E-state index in [1.54, 1.807) is 0 Å². The van der Waals surface area contributed by atoms with Crippen molar-refractivity contribution in [3.8, 4) is 11.3 Å². The molecule has 6 rings (SSSR count). The first-order valence-corrected chi connectivity index (χ1v) is 8.75. The standard InChI is InChI=1S/C23H15N3/c1-3-10-19-14(6-1)16-8-5-9-18(21(16)25-19)22-23-17(12-13-24-22)15-7-2-4-11-20(15)26-23/h1-13,25-26H. The van der Waals surface area contributed by atoms with Crippen molar-refractivity contribution in [2.24, 2.45) is 0 Å². The van der Waals surface area contributed by atoms with Crippen LogP contribution in [-0.4, -0.2) is 15.0 Å². The van der Waals surface area contributed by atoms with E-state index in [0.717, 1.165) is 33.3 Å². The molecule has 0 atom stereocenters. The van der Waals surface area contributed by atoms with Crippen molar-refractivity contribution < 1.29 is 0 Å². The number of fused-ring (bicyclic) bond motifs is 6. The van der Waals surface area contributed by atoms with E-state index in [1.165, 1.54) is 21.5 Å². The summed E-state index contributed by atoms with van der Waals surface area (Å²) < 4.78 is 0. The first-order chi connectivity index (χ1) is 12.9. The van der Waals surface area contributed by atoms with Crippen LogP contribution < -0.4 is 0 Å². The third-order valence-electron chi connectivity index (χ3n) is 5.22. The number of nitrogens with one attached hydrogen (secondary N) is 2. The Morgan fingerprint density at radius 3 is 1.92 bits per heavy atom. The maximum absolute atomic E-state index is 4.74. The minimum absolute atomic E-state index is 0.982. The molecule has 3 aromatic heterocycles. The number of benzene rings is 3. The molecule has 0 radical (unpaired) electrons. The van der Waals surface area contributed by atoms with Crippen molar-refractivity contribution >= 4 is 43.6 Å². The number of pyridine rings is 1. The molecule has 2 N–H and O–H groups in total. The summed E-state index contributed by atoms with van der Waals surface area (Å²) in [5.74, 6) is 0. The topological polar surface area (TPSA) is 44.5 Å². The van der Waals surface area contributed by atoms with Gasteiger partial charge in [0.1, 0.15) is 0 Å². The Morgan fingerprint density at radius 1 is 0.538 bits per heavy atom. The molecule has 0 amide bonds. The predicted octanol–water partition coefficient (Wildman–Crippen LogP) is 6.02. The van der Waals surface area contributed by atoms with Crippen LogP contribution in [0.5, 0.6) is 0 Å². The first kappa shape index (κ1) is 13.7. The lowest BCUT2D eigenvalue weighted by Gasteiger charge is -2.04. The van der Waals surface area contributed by atoms with Crippen LogP contribution in [0.15, 0.2) is 79.0 Å². The summed E-state index contributed by atoms with van der Waals surface area (Å²) in [7, 11) is 0. The Kier molecular flexibility index (Phi) is 2.61. The molecule has 6 aromatic rings. The molecule has 0 saturated carbocycles. The SMILES string of the molecule is c1ccc2c(c1)[nH]c1c(-c3nccc4c3[nH]c3ccccc34)cccc12. The van der Waals surface area contributed by atoms with Gasteiger partial charge in [-0.3, -0.25) is 4.98 Å². The number of nitrogens with zero attached hydrogens (tertiary/aromatic N) is 1. The average molecular weight is 333 g/mol. The second-order valence-electron chi connectivity index (χ2n) is 6.65. The third kappa shape index (κ3) is 1.74. The van der Waals surface area contributed by atoms with Gasteiger partial charge in [0.15, 0.2) is 0 Å². The lowest BCUT2D eigenvalue weighted by Crippen LogP contribution is -1.86. The highest BCUT2D eigenvalue weighted by molar-refractivity contribution is 6.16. The molecule has 0 spiro atoms. The summed E-state index contributed by atoms with van der Waals surface area (Å²) in [6.07, 6.45) is 1.90. The Morgan fingerprint density at radius 2 is 1.15 bits per heavy atom. The second kappa shape index (κ2) is 4.96. The first-order valence-electron chi connectivity index (χ1n) is 8.75. The lowest BCUT2D eigenvalue weighted by atomic mass is 10.0. The van der Waals surface area contributed by atoms with E-state index in [9.17, 15) is 0 Å². The van der Waals surface area contributed by atoms with Crippen molar-refractivity contribution in [3.63, 3.8) is 0 Å². The highest BCUT2D eigenvalue weighted by Gasteiger charge is 2.14. The number of rotatable bonds is 1. The Labute approximate surface area is 149 Å². The highest BCUT2D eigenvalue weighted by Crippen LogP contribution is 2.36. The van der Waals surface area contributed by atoms with Crippen LogP contribution in [0, 0.1) is 0 Å². The van der Waals surface area contributed by atoms with Gasteiger partial charge in [-0.2, -0.15) is 0 Å². The Balaban J connectivity index is 1.76. The van der Waals surface area contributed by atoms with E-state index in [-0.39, 0.29) is 0 Å². The quantitative estimate of drug-likeness (QED) is 0.380. The molecule has 3 nitrogen and oxygen atoms in total. The van der Waals surface area contributed by atoms with Crippen LogP contribution in [0.4, 0.5) is 0 Å². The fourth-order valence-corrected chi connectivity index (χ4v) is 4.05. The van der Waals surface area contributed by atoms with E-state index in [2.05, 4.69) is 82.8 Å². The predicted molar refractivity (Wildman–Crippen MR) is 108 cm³/mol.